The SMILES string of the molecule is C=C(C)C(/C=C\C)N(Cc1ccccc1)Cc1ccccc1. The van der Waals surface area contributed by atoms with E-state index in [0.717, 1.165) is 13.1 Å². The minimum Gasteiger partial charge on any atom is -0.285 e. The molecule has 0 aromatic heterocycles. The van der Waals surface area contributed by atoms with Crippen LogP contribution in [-0.4, -0.2) is 10.9 Å². The van der Waals surface area contributed by atoms with E-state index < -0.39 is 0 Å². The number of benzene rings is 2. The first-order valence-corrected chi connectivity index (χ1v) is 7.81. The van der Waals surface area contributed by atoms with Crippen LogP contribution in [-0.2, 0) is 13.1 Å². The topological polar surface area (TPSA) is 3.24 Å². The van der Waals surface area contributed by atoms with Crippen LogP contribution >= 0.6 is 0 Å². The van der Waals surface area contributed by atoms with Crippen molar-refractivity contribution in [2.75, 3.05) is 0 Å². The van der Waals surface area contributed by atoms with Gasteiger partial charge in [-0.25, -0.2) is 0 Å². The monoisotopic (exact) mass is 291 g/mol. The molecular formula is C21H25N. The zero-order chi connectivity index (χ0) is 15.8. The van der Waals surface area contributed by atoms with Crippen molar-refractivity contribution in [1.82, 2.24) is 4.90 Å². The minimum absolute atomic E-state index is 0.255. The summed E-state index contributed by atoms with van der Waals surface area (Å²) in [5.74, 6) is 0. The minimum atomic E-state index is 0.255. The molecule has 0 amide bonds. The number of nitrogens with zero attached hydrogens (tertiary/aromatic N) is 1. The zero-order valence-electron chi connectivity index (χ0n) is 13.6. The molecule has 0 heterocycles. The number of hydrogen-bond donors (Lipinski definition) is 0. The lowest BCUT2D eigenvalue weighted by Gasteiger charge is -2.30. The van der Waals surface area contributed by atoms with Gasteiger partial charge in [0.05, 0.1) is 0 Å². The lowest BCUT2D eigenvalue weighted by atomic mass is 10.0. The van der Waals surface area contributed by atoms with Crippen LogP contribution in [0, 0.1) is 0 Å². The van der Waals surface area contributed by atoms with Gasteiger partial charge in [0, 0.05) is 19.1 Å². The van der Waals surface area contributed by atoms with Gasteiger partial charge < -0.3 is 0 Å². The molecule has 0 aliphatic rings. The number of rotatable bonds is 7. The highest BCUT2D eigenvalue weighted by Crippen LogP contribution is 2.18. The highest BCUT2D eigenvalue weighted by atomic mass is 15.1. The van der Waals surface area contributed by atoms with Crippen LogP contribution < -0.4 is 0 Å². The summed E-state index contributed by atoms with van der Waals surface area (Å²) < 4.78 is 0. The molecule has 1 nitrogen and oxygen atoms in total. The summed E-state index contributed by atoms with van der Waals surface area (Å²) >= 11 is 0. The van der Waals surface area contributed by atoms with Crippen molar-refractivity contribution in [3.05, 3.63) is 96.1 Å². The molecule has 2 aromatic carbocycles. The van der Waals surface area contributed by atoms with E-state index in [0.29, 0.717) is 0 Å². The summed E-state index contributed by atoms with van der Waals surface area (Å²) in [5.41, 5.74) is 3.83. The van der Waals surface area contributed by atoms with E-state index in [-0.39, 0.29) is 6.04 Å². The quantitative estimate of drug-likeness (QED) is 0.633. The molecule has 0 N–H and O–H groups in total. The lowest BCUT2D eigenvalue weighted by molar-refractivity contribution is 0.233. The lowest BCUT2D eigenvalue weighted by Crippen LogP contribution is -2.33. The Bertz CT molecular complexity index is 557. The second kappa shape index (κ2) is 8.35. The third kappa shape index (κ3) is 4.71. The van der Waals surface area contributed by atoms with Gasteiger partial charge in [0.15, 0.2) is 0 Å². The fourth-order valence-electron chi connectivity index (χ4n) is 2.67. The summed E-state index contributed by atoms with van der Waals surface area (Å²) in [5, 5.41) is 0. The second-order valence-corrected chi connectivity index (χ2v) is 5.69. The first-order valence-electron chi connectivity index (χ1n) is 7.81. The first kappa shape index (κ1) is 16.3. The van der Waals surface area contributed by atoms with E-state index in [1.807, 2.05) is 0 Å². The maximum atomic E-state index is 4.19. The molecule has 114 valence electrons. The average Bonchev–Trinajstić information content (AvgIpc) is 2.54. The van der Waals surface area contributed by atoms with Gasteiger partial charge >= 0.3 is 0 Å². The maximum absolute atomic E-state index is 4.19. The van der Waals surface area contributed by atoms with Crippen molar-refractivity contribution in [2.24, 2.45) is 0 Å². The summed E-state index contributed by atoms with van der Waals surface area (Å²) in [7, 11) is 0. The highest BCUT2D eigenvalue weighted by molar-refractivity contribution is 5.21. The average molecular weight is 291 g/mol. The summed E-state index contributed by atoms with van der Waals surface area (Å²) in [6.45, 7) is 10.2. The molecule has 2 aromatic rings. The Kier molecular flexibility index (Phi) is 6.17. The molecule has 0 saturated carbocycles. The van der Waals surface area contributed by atoms with Crippen LogP contribution in [0.15, 0.2) is 85.0 Å². The Morgan fingerprint density at radius 1 is 0.955 bits per heavy atom. The molecular weight excluding hydrogens is 266 g/mol. The van der Waals surface area contributed by atoms with Gasteiger partial charge in [-0.15, -0.1) is 0 Å². The van der Waals surface area contributed by atoms with Gasteiger partial charge in [-0.2, -0.15) is 0 Å². The van der Waals surface area contributed by atoms with Crippen LogP contribution in [0.25, 0.3) is 0 Å². The van der Waals surface area contributed by atoms with Gasteiger partial charge in [-0.1, -0.05) is 85.0 Å². The smallest absolute Gasteiger partial charge is 0.0492 e. The third-order valence-electron chi connectivity index (χ3n) is 3.73. The molecule has 0 radical (unpaired) electrons. The van der Waals surface area contributed by atoms with E-state index in [9.17, 15) is 0 Å². The van der Waals surface area contributed by atoms with E-state index in [4.69, 9.17) is 0 Å². The van der Waals surface area contributed by atoms with E-state index in [1.165, 1.54) is 16.7 Å². The van der Waals surface area contributed by atoms with Gasteiger partial charge in [0.25, 0.3) is 0 Å². The van der Waals surface area contributed by atoms with Crippen molar-refractivity contribution >= 4 is 0 Å². The highest BCUT2D eigenvalue weighted by Gasteiger charge is 2.17. The van der Waals surface area contributed by atoms with Crippen molar-refractivity contribution in [3.8, 4) is 0 Å². The largest absolute Gasteiger partial charge is 0.285 e. The van der Waals surface area contributed by atoms with Gasteiger partial charge in [0.2, 0.25) is 0 Å². The Hall–Kier alpha value is -2.12. The Labute approximate surface area is 134 Å². The van der Waals surface area contributed by atoms with Gasteiger partial charge in [0.1, 0.15) is 0 Å². The molecule has 22 heavy (non-hydrogen) atoms. The standard InChI is InChI=1S/C21H25N/c1-4-11-21(18(2)3)22(16-19-12-7-5-8-13-19)17-20-14-9-6-10-15-20/h4-15,21H,2,16-17H2,1,3H3/b11-4-. The Morgan fingerprint density at radius 2 is 1.41 bits per heavy atom. The van der Waals surface area contributed by atoms with Crippen molar-refractivity contribution < 1.29 is 0 Å². The molecule has 1 unspecified atom stereocenters. The fraction of sp³-hybridized carbons (Fsp3) is 0.238. The van der Waals surface area contributed by atoms with Crippen molar-refractivity contribution in [3.63, 3.8) is 0 Å². The van der Waals surface area contributed by atoms with Crippen LogP contribution in [0.5, 0.6) is 0 Å². The molecule has 1 heteroatoms. The summed E-state index contributed by atoms with van der Waals surface area (Å²) in [4.78, 5) is 2.47. The van der Waals surface area contributed by atoms with Gasteiger partial charge in [-0.05, 0) is 25.0 Å². The normalized spacial score (nSPS) is 12.7. The first-order chi connectivity index (χ1) is 10.7. The van der Waals surface area contributed by atoms with Crippen LogP contribution in [0.4, 0.5) is 0 Å². The van der Waals surface area contributed by atoms with E-state index >= 15 is 0 Å². The van der Waals surface area contributed by atoms with Crippen LogP contribution in [0.2, 0.25) is 0 Å². The van der Waals surface area contributed by atoms with Gasteiger partial charge in [-0.3, -0.25) is 4.90 Å². The fourth-order valence-corrected chi connectivity index (χ4v) is 2.67. The Morgan fingerprint density at radius 3 is 1.77 bits per heavy atom. The Balaban J connectivity index is 2.24. The molecule has 0 saturated heterocycles. The second-order valence-electron chi connectivity index (χ2n) is 5.69. The summed E-state index contributed by atoms with van der Waals surface area (Å²) in [6.07, 6.45) is 4.34. The molecule has 0 spiro atoms. The van der Waals surface area contributed by atoms with E-state index in [2.05, 4.69) is 98.1 Å². The molecule has 1 atom stereocenters. The molecule has 0 aliphatic heterocycles. The summed E-state index contributed by atoms with van der Waals surface area (Å²) in [6, 6.07) is 21.5. The third-order valence-corrected chi connectivity index (χ3v) is 3.73. The number of allylic oxidation sites excluding steroid dienone is 1. The number of hydrogen-bond acceptors (Lipinski definition) is 1. The predicted octanol–water partition coefficient (Wildman–Crippen LogP) is 5.21. The maximum Gasteiger partial charge on any atom is 0.0492 e. The van der Waals surface area contributed by atoms with Crippen molar-refractivity contribution in [1.29, 1.82) is 0 Å². The molecule has 0 bridgehead atoms. The van der Waals surface area contributed by atoms with Crippen LogP contribution in [0.1, 0.15) is 25.0 Å². The molecule has 0 aliphatic carbocycles. The zero-order valence-corrected chi connectivity index (χ0v) is 13.6. The van der Waals surface area contributed by atoms with E-state index in [1.54, 1.807) is 0 Å². The predicted molar refractivity (Wildman–Crippen MR) is 95.5 cm³/mol. The molecule has 0 fully saturated rings. The van der Waals surface area contributed by atoms with Crippen molar-refractivity contribution in [2.45, 2.75) is 33.0 Å². The van der Waals surface area contributed by atoms with Crippen LogP contribution in [0.3, 0.4) is 0 Å². The molecule has 2 rings (SSSR count).